The number of fused-ring (bicyclic) bond motifs is 5. The molecule has 4 aromatic rings. The smallest absolute Gasteiger partial charge is 0.0447 e. The van der Waals surface area contributed by atoms with Crippen LogP contribution in [0.15, 0.2) is 60.7 Å². The molecule has 148 valence electrons. The van der Waals surface area contributed by atoms with E-state index < -0.39 is 0 Å². The third-order valence-corrected chi connectivity index (χ3v) is 4.80. The third-order valence-electron chi connectivity index (χ3n) is 4.80. The van der Waals surface area contributed by atoms with Gasteiger partial charge in [0.05, 0.1) is 0 Å². The molecule has 0 saturated heterocycles. The Kier molecular flexibility index (Phi) is 7.28. The first kappa shape index (κ1) is 21.6. The van der Waals surface area contributed by atoms with Crippen LogP contribution in [0, 0.1) is 0 Å². The van der Waals surface area contributed by atoms with Gasteiger partial charge in [-0.2, -0.15) is 0 Å². The maximum Gasteiger partial charge on any atom is 0.0447 e. The first-order valence-electron chi connectivity index (χ1n) is 10.3. The van der Waals surface area contributed by atoms with E-state index in [-0.39, 0.29) is 0 Å². The first-order chi connectivity index (χ1) is 13.6. The number of hydrogen-bond donors (Lipinski definition) is 0. The summed E-state index contributed by atoms with van der Waals surface area (Å²) < 4.78 is 0. The van der Waals surface area contributed by atoms with Gasteiger partial charge in [0.15, 0.2) is 0 Å². The minimum Gasteiger partial charge on any atom is -0.377 e. The van der Waals surface area contributed by atoms with Crippen molar-refractivity contribution in [1.82, 2.24) is 0 Å². The molecule has 0 aromatic heterocycles. The highest BCUT2D eigenvalue weighted by atomic mass is 15.1. The van der Waals surface area contributed by atoms with Gasteiger partial charge >= 0.3 is 0 Å². The fourth-order valence-corrected chi connectivity index (χ4v) is 3.65. The van der Waals surface area contributed by atoms with Crippen molar-refractivity contribution in [3.8, 4) is 0 Å². The maximum atomic E-state index is 2.33. The molecule has 0 radical (unpaired) electrons. The van der Waals surface area contributed by atoms with Gasteiger partial charge in [-0.3, -0.25) is 0 Å². The zero-order chi connectivity index (χ0) is 20.8. The summed E-state index contributed by atoms with van der Waals surface area (Å²) >= 11 is 0. The van der Waals surface area contributed by atoms with Crippen LogP contribution in [0.25, 0.3) is 32.3 Å². The lowest BCUT2D eigenvalue weighted by Crippen LogP contribution is -2.10. The normalized spacial score (nSPS) is 10.1. The van der Waals surface area contributed by atoms with Gasteiger partial charge in [0.1, 0.15) is 0 Å². The third kappa shape index (κ3) is 3.77. The molecule has 2 nitrogen and oxygen atoms in total. The molecule has 0 fully saturated rings. The maximum absolute atomic E-state index is 2.33. The molecule has 0 heterocycles. The van der Waals surface area contributed by atoms with Gasteiger partial charge < -0.3 is 9.80 Å². The highest BCUT2D eigenvalue weighted by molar-refractivity contribution is 6.23. The van der Waals surface area contributed by atoms with Gasteiger partial charge in [-0.25, -0.2) is 0 Å². The van der Waals surface area contributed by atoms with Gasteiger partial charge in [-0.15, -0.1) is 0 Å². The zero-order valence-electron chi connectivity index (χ0n) is 18.7. The van der Waals surface area contributed by atoms with Crippen molar-refractivity contribution in [2.75, 3.05) is 38.0 Å². The lowest BCUT2D eigenvalue weighted by atomic mass is 9.94. The van der Waals surface area contributed by atoms with Crippen molar-refractivity contribution in [3.05, 3.63) is 60.7 Å². The molecule has 0 spiro atoms. The predicted molar refractivity (Wildman–Crippen MR) is 130 cm³/mol. The Labute approximate surface area is 170 Å². The fourth-order valence-electron chi connectivity index (χ4n) is 3.65. The standard InChI is InChI=1S/C22H22N2.2C2H6/c1-23(2)21-13-19-16-10-6-8-12-18(16)22(24(3)4)14-20(19)15-9-5-7-11-17(15)21;2*1-2/h5-14H,1-4H3;2*1-2H3. The van der Waals surface area contributed by atoms with Crippen molar-refractivity contribution in [1.29, 1.82) is 0 Å². The Hall–Kier alpha value is -2.74. The van der Waals surface area contributed by atoms with Crippen LogP contribution in [0.4, 0.5) is 11.4 Å². The van der Waals surface area contributed by atoms with Crippen LogP contribution in [0.5, 0.6) is 0 Å². The molecule has 0 saturated carbocycles. The van der Waals surface area contributed by atoms with Crippen LogP contribution in [-0.4, -0.2) is 28.2 Å². The molecule has 0 N–H and O–H groups in total. The van der Waals surface area contributed by atoms with E-state index in [2.05, 4.69) is 98.7 Å². The molecule has 0 bridgehead atoms. The van der Waals surface area contributed by atoms with Crippen molar-refractivity contribution in [2.24, 2.45) is 0 Å². The average Bonchev–Trinajstić information content (AvgIpc) is 2.75. The SMILES string of the molecule is CC.CC.CN(C)c1cc2c3ccccc3c(N(C)C)cc2c2ccccc12. The lowest BCUT2D eigenvalue weighted by Gasteiger charge is -2.21. The minimum absolute atomic E-state index is 1.26. The van der Waals surface area contributed by atoms with Crippen molar-refractivity contribution < 1.29 is 0 Å². The molecule has 2 heteroatoms. The van der Waals surface area contributed by atoms with Crippen molar-refractivity contribution in [2.45, 2.75) is 27.7 Å². The molecule has 28 heavy (non-hydrogen) atoms. The van der Waals surface area contributed by atoms with E-state index in [0.29, 0.717) is 0 Å². The topological polar surface area (TPSA) is 6.48 Å². The van der Waals surface area contributed by atoms with E-state index in [4.69, 9.17) is 0 Å². The molecular weight excluding hydrogens is 340 g/mol. The van der Waals surface area contributed by atoms with E-state index in [0.717, 1.165) is 0 Å². The second-order valence-corrected chi connectivity index (χ2v) is 6.77. The quantitative estimate of drug-likeness (QED) is 0.339. The van der Waals surface area contributed by atoms with E-state index in [9.17, 15) is 0 Å². The van der Waals surface area contributed by atoms with Gasteiger partial charge in [0.2, 0.25) is 0 Å². The zero-order valence-corrected chi connectivity index (χ0v) is 18.7. The molecular formula is C26H34N2. The van der Waals surface area contributed by atoms with Crippen molar-refractivity contribution in [3.63, 3.8) is 0 Å². The summed E-state index contributed by atoms with van der Waals surface area (Å²) in [7, 11) is 8.46. The highest BCUT2D eigenvalue weighted by Gasteiger charge is 2.13. The van der Waals surface area contributed by atoms with Crippen LogP contribution >= 0.6 is 0 Å². The van der Waals surface area contributed by atoms with Crippen LogP contribution in [0.3, 0.4) is 0 Å². The number of nitrogens with zero attached hydrogens (tertiary/aromatic N) is 2. The van der Waals surface area contributed by atoms with Crippen LogP contribution in [-0.2, 0) is 0 Å². The molecule has 0 unspecified atom stereocenters. The Balaban J connectivity index is 0.000000660. The Morgan fingerprint density at radius 1 is 0.429 bits per heavy atom. The Bertz CT molecular complexity index is 975. The molecule has 0 atom stereocenters. The number of benzene rings is 4. The highest BCUT2D eigenvalue weighted by Crippen LogP contribution is 2.40. The number of anilines is 2. The lowest BCUT2D eigenvalue weighted by molar-refractivity contribution is 1.14. The summed E-state index contributed by atoms with van der Waals surface area (Å²) in [5, 5.41) is 7.86. The monoisotopic (exact) mass is 374 g/mol. The molecule has 4 aromatic carbocycles. The molecule has 0 aliphatic heterocycles. The predicted octanol–water partition coefficient (Wildman–Crippen LogP) is 7.33. The van der Waals surface area contributed by atoms with E-state index in [1.807, 2.05) is 27.7 Å². The minimum atomic E-state index is 1.26. The summed E-state index contributed by atoms with van der Waals surface area (Å²) in [6.07, 6.45) is 0. The second kappa shape index (κ2) is 9.45. The molecule has 4 rings (SSSR count). The van der Waals surface area contributed by atoms with Crippen LogP contribution in [0.1, 0.15) is 27.7 Å². The Morgan fingerprint density at radius 2 is 0.714 bits per heavy atom. The fraction of sp³-hybridized carbons (Fsp3) is 0.308. The average molecular weight is 375 g/mol. The van der Waals surface area contributed by atoms with E-state index >= 15 is 0 Å². The summed E-state index contributed by atoms with van der Waals surface area (Å²) in [6.45, 7) is 8.00. The summed E-state index contributed by atoms with van der Waals surface area (Å²) in [4.78, 5) is 4.41. The molecule has 0 aliphatic rings. The summed E-state index contributed by atoms with van der Waals surface area (Å²) in [5.74, 6) is 0. The number of hydrogen-bond acceptors (Lipinski definition) is 2. The van der Waals surface area contributed by atoms with Crippen molar-refractivity contribution >= 4 is 43.7 Å². The van der Waals surface area contributed by atoms with E-state index in [1.165, 1.54) is 43.7 Å². The largest absolute Gasteiger partial charge is 0.377 e. The van der Waals surface area contributed by atoms with Gasteiger partial charge in [0, 0.05) is 50.3 Å². The van der Waals surface area contributed by atoms with Crippen LogP contribution < -0.4 is 9.80 Å². The summed E-state index contributed by atoms with van der Waals surface area (Å²) in [5.41, 5.74) is 2.53. The first-order valence-corrected chi connectivity index (χ1v) is 10.3. The molecule has 0 aliphatic carbocycles. The van der Waals surface area contributed by atoms with E-state index in [1.54, 1.807) is 0 Å². The van der Waals surface area contributed by atoms with Crippen LogP contribution in [0.2, 0.25) is 0 Å². The summed E-state index contributed by atoms with van der Waals surface area (Å²) in [6, 6.07) is 22.1. The van der Waals surface area contributed by atoms with Gasteiger partial charge in [-0.05, 0) is 33.7 Å². The second-order valence-electron chi connectivity index (χ2n) is 6.77. The Morgan fingerprint density at radius 3 is 1.00 bits per heavy atom. The number of rotatable bonds is 2. The molecule has 0 amide bonds. The van der Waals surface area contributed by atoms with Gasteiger partial charge in [0.25, 0.3) is 0 Å². The van der Waals surface area contributed by atoms with Gasteiger partial charge in [-0.1, -0.05) is 76.2 Å².